The van der Waals surface area contributed by atoms with E-state index in [2.05, 4.69) is 14.6 Å². The van der Waals surface area contributed by atoms with Crippen molar-refractivity contribution in [3.05, 3.63) is 18.0 Å². The predicted molar refractivity (Wildman–Crippen MR) is 75.7 cm³/mol. The molecule has 3 rings (SSSR count). The summed E-state index contributed by atoms with van der Waals surface area (Å²) in [5.74, 6) is -1.17. The quantitative estimate of drug-likeness (QED) is 0.739. The molecule has 8 heteroatoms. The fourth-order valence-corrected chi connectivity index (χ4v) is 4.06. The number of nitrogens with one attached hydrogen (secondary N) is 2. The Morgan fingerprint density at radius 2 is 1.95 bits per heavy atom. The molecule has 1 aliphatic heterocycles. The molecule has 21 heavy (non-hydrogen) atoms. The van der Waals surface area contributed by atoms with Gasteiger partial charge in [-0.25, -0.2) is 17.9 Å². The molecule has 0 radical (unpaired) electrons. The van der Waals surface area contributed by atoms with Gasteiger partial charge in [0.15, 0.2) is 0 Å². The van der Waals surface area contributed by atoms with Crippen LogP contribution in [-0.4, -0.2) is 54.6 Å². The van der Waals surface area contributed by atoms with Gasteiger partial charge in [-0.1, -0.05) is 0 Å². The van der Waals surface area contributed by atoms with Gasteiger partial charge >= 0.3 is 5.97 Å². The third-order valence-electron chi connectivity index (χ3n) is 4.11. The SMILES string of the molecule is O=C(O)c1cc(S(=O)(=O)NC2CCN(C3CC3)CC2)c[nH]1. The van der Waals surface area contributed by atoms with Gasteiger partial charge in [0.2, 0.25) is 10.0 Å². The second-order valence-electron chi connectivity index (χ2n) is 5.72. The van der Waals surface area contributed by atoms with Gasteiger partial charge in [-0.2, -0.15) is 0 Å². The molecule has 7 nitrogen and oxygen atoms in total. The van der Waals surface area contributed by atoms with Crippen molar-refractivity contribution in [2.24, 2.45) is 0 Å². The number of carboxylic acid groups (broad SMARTS) is 1. The number of sulfonamides is 1. The van der Waals surface area contributed by atoms with E-state index in [4.69, 9.17) is 5.11 Å². The zero-order valence-corrected chi connectivity index (χ0v) is 12.4. The summed E-state index contributed by atoms with van der Waals surface area (Å²) in [4.78, 5) is 15.6. The molecule has 0 bridgehead atoms. The summed E-state index contributed by atoms with van der Waals surface area (Å²) < 4.78 is 27.1. The lowest BCUT2D eigenvalue weighted by Crippen LogP contribution is -2.45. The van der Waals surface area contributed by atoms with Crippen LogP contribution < -0.4 is 4.72 Å². The Hall–Kier alpha value is -1.38. The first-order valence-electron chi connectivity index (χ1n) is 7.14. The van der Waals surface area contributed by atoms with E-state index in [0.29, 0.717) is 6.04 Å². The average molecular weight is 313 g/mol. The standard InChI is InChI=1S/C13H19N3O4S/c17-13(18)12-7-11(8-14-12)21(19,20)15-9-3-5-16(6-4-9)10-1-2-10/h7-10,14-15H,1-6H2,(H,17,18). The van der Waals surface area contributed by atoms with Gasteiger partial charge in [-0.15, -0.1) is 0 Å². The third-order valence-corrected chi connectivity index (χ3v) is 5.61. The molecular weight excluding hydrogens is 294 g/mol. The lowest BCUT2D eigenvalue weighted by molar-refractivity contribution is 0.0691. The third kappa shape index (κ3) is 3.28. The number of piperidine rings is 1. The first-order valence-corrected chi connectivity index (χ1v) is 8.62. The Labute approximate surface area is 123 Å². The highest BCUT2D eigenvalue weighted by Gasteiger charge is 2.33. The predicted octanol–water partition coefficient (Wildman–Crippen LogP) is 0.618. The van der Waals surface area contributed by atoms with Crippen molar-refractivity contribution in [2.45, 2.75) is 42.7 Å². The van der Waals surface area contributed by atoms with Crippen LogP contribution in [-0.2, 0) is 10.0 Å². The van der Waals surface area contributed by atoms with E-state index >= 15 is 0 Å². The van der Waals surface area contributed by atoms with E-state index in [-0.39, 0.29) is 16.6 Å². The molecule has 0 atom stereocenters. The summed E-state index contributed by atoms with van der Waals surface area (Å²) in [7, 11) is -3.66. The second-order valence-corrected chi connectivity index (χ2v) is 7.43. The minimum Gasteiger partial charge on any atom is -0.477 e. The maximum atomic E-state index is 12.2. The minimum absolute atomic E-state index is 0.0236. The van der Waals surface area contributed by atoms with E-state index in [1.54, 1.807) is 0 Å². The summed E-state index contributed by atoms with van der Waals surface area (Å²) in [6.45, 7) is 1.84. The number of rotatable bonds is 5. The average Bonchev–Trinajstić information content (AvgIpc) is 3.14. The molecule has 2 fully saturated rings. The fourth-order valence-electron chi connectivity index (χ4n) is 2.76. The summed E-state index contributed by atoms with van der Waals surface area (Å²) in [5.41, 5.74) is -0.126. The van der Waals surface area contributed by atoms with Gasteiger partial charge in [-0.3, -0.25) is 0 Å². The number of hydrogen-bond acceptors (Lipinski definition) is 4. The van der Waals surface area contributed by atoms with Crippen molar-refractivity contribution in [1.29, 1.82) is 0 Å². The Balaban J connectivity index is 1.61. The molecule has 3 N–H and O–H groups in total. The van der Waals surface area contributed by atoms with Crippen LogP contribution in [0.5, 0.6) is 0 Å². The highest BCUT2D eigenvalue weighted by atomic mass is 32.2. The maximum Gasteiger partial charge on any atom is 0.352 e. The van der Waals surface area contributed by atoms with Crippen molar-refractivity contribution < 1.29 is 18.3 Å². The first kappa shape index (κ1) is 14.6. The van der Waals surface area contributed by atoms with Crippen LogP contribution in [0.2, 0.25) is 0 Å². The van der Waals surface area contributed by atoms with Crippen LogP contribution in [0.3, 0.4) is 0 Å². The minimum atomic E-state index is -3.66. The zero-order chi connectivity index (χ0) is 15.0. The van der Waals surface area contributed by atoms with E-state index in [9.17, 15) is 13.2 Å². The number of likely N-dealkylation sites (tertiary alicyclic amines) is 1. The summed E-state index contributed by atoms with van der Waals surface area (Å²) >= 11 is 0. The molecule has 1 aromatic rings. The Morgan fingerprint density at radius 3 is 2.48 bits per heavy atom. The molecule has 116 valence electrons. The van der Waals surface area contributed by atoms with Crippen molar-refractivity contribution in [2.75, 3.05) is 13.1 Å². The molecule has 1 saturated heterocycles. The topological polar surface area (TPSA) is 102 Å². The number of hydrogen-bond donors (Lipinski definition) is 3. The number of H-pyrrole nitrogens is 1. The highest BCUT2D eigenvalue weighted by molar-refractivity contribution is 7.89. The van der Waals surface area contributed by atoms with Crippen LogP contribution >= 0.6 is 0 Å². The van der Waals surface area contributed by atoms with E-state index in [1.807, 2.05) is 0 Å². The van der Waals surface area contributed by atoms with Gasteiger partial charge in [0.1, 0.15) is 10.6 Å². The van der Waals surface area contributed by atoms with Gasteiger partial charge in [0.25, 0.3) is 0 Å². The largest absolute Gasteiger partial charge is 0.477 e. The van der Waals surface area contributed by atoms with Crippen molar-refractivity contribution in [3.63, 3.8) is 0 Å². The lowest BCUT2D eigenvalue weighted by atomic mass is 10.1. The molecule has 1 aliphatic carbocycles. The smallest absolute Gasteiger partial charge is 0.352 e. The van der Waals surface area contributed by atoms with E-state index in [1.165, 1.54) is 19.0 Å². The maximum absolute atomic E-state index is 12.2. The number of aromatic carboxylic acids is 1. The molecule has 0 spiro atoms. The molecule has 1 saturated carbocycles. The summed E-state index contributed by atoms with van der Waals surface area (Å²) in [5, 5.41) is 8.82. The second kappa shape index (κ2) is 5.43. The monoisotopic (exact) mass is 313 g/mol. The first-order chi connectivity index (χ1) is 9.95. The lowest BCUT2D eigenvalue weighted by Gasteiger charge is -2.32. The Bertz CT molecular complexity index is 628. The molecule has 2 aliphatic rings. The van der Waals surface area contributed by atoms with Crippen molar-refractivity contribution in [1.82, 2.24) is 14.6 Å². The number of nitrogens with zero attached hydrogens (tertiary/aromatic N) is 1. The molecule has 0 unspecified atom stereocenters. The molecule has 1 aromatic heterocycles. The van der Waals surface area contributed by atoms with Gasteiger partial charge in [0, 0.05) is 18.3 Å². The number of carboxylic acids is 1. The normalized spacial score (nSPS) is 21.5. The van der Waals surface area contributed by atoms with Crippen LogP contribution in [0.1, 0.15) is 36.2 Å². The van der Waals surface area contributed by atoms with Crippen LogP contribution in [0.15, 0.2) is 17.2 Å². The molecular formula is C13H19N3O4S. The van der Waals surface area contributed by atoms with Crippen LogP contribution in [0.4, 0.5) is 0 Å². The van der Waals surface area contributed by atoms with E-state index in [0.717, 1.165) is 32.0 Å². The number of carbonyl (C=O) groups is 1. The fraction of sp³-hybridized carbons (Fsp3) is 0.615. The number of aromatic nitrogens is 1. The Morgan fingerprint density at radius 1 is 1.29 bits per heavy atom. The van der Waals surface area contributed by atoms with Crippen molar-refractivity contribution in [3.8, 4) is 0 Å². The zero-order valence-electron chi connectivity index (χ0n) is 11.6. The molecule has 2 heterocycles. The van der Waals surface area contributed by atoms with Crippen LogP contribution in [0.25, 0.3) is 0 Å². The molecule has 0 aromatic carbocycles. The summed E-state index contributed by atoms with van der Waals surface area (Å²) in [6, 6.07) is 1.78. The highest BCUT2D eigenvalue weighted by Crippen LogP contribution is 2.29. The summed E-state index contributed by atoms with van der Waals surface area (Å²) in [6.07, 6.45) is 5.33. The van der Waals surface area contributed by atoms with Gasteiger partial charge < -0.3 is 15.0 Å². The molecule has 0 amide bonds. The van der Waals surface area contributed by atoms with Crippen molar-refractivity contribution >= 4 is 16.0 Å². The van der Waals surface area contributed by atoms with Crippen LogP contribution in [0, 0.1) is 0 Å². The van der Waals surface area contributed by atoms with E-state index < -0.39 is 16.0 Å². The number of aromatic amines is 1. The Kier molecular flexibility index (Phi) is 3.76. The van der Waals surface area contributed by atoms with Gasteiger partial charge in [-0.05, 0) is 44.8 Å². The van der Waals surface area contributed by atoms with Gasteiger partial charge in [0.05, 0.1) is 0 Å².